The lowest BCUT2D eigenvalue weighted by atomic mass is 10.0. The van der Waals surface area contributed by atoms with Crippen molar-refractivity contribution in [2.75, 3.05) is 13.7 Å². The van der Waals surface area contributed by atoms with Crippen LogP contribution in [0.25, 0.3) is 0 Å². The van der Waals surface area contributed by atoms with Crippen molar-refractivity contribution in [1.29, 1.82) is 0 Å². The number of nitrogens with one attached hydrogen (secondary N) is 1. The van der Waals surface area contributed by atoms with Gasteiger partial charge in [0.25, 0.3) is 0 Å². The minimum atomic E-state index is 0.159. The molecule has 0 saturated carbocycles. The lowest BCUT2D eigenvalue weighted by molar-refractivity contribution is 0.258. The molecule has 0 aliphatic heterocycles. The van der Waals surface area contributed by atoms with Gasteiger partial charge in [-0.05, 0) is 48.1 Å². The molecule has 0 fully saturated rings. The Morgan fingerprint density at radius 3 is 2.68 bits per heavy atom. The molecule has 0 heterocycles. The average Bonchev–Trinajstić information content (AvgIpc) is 2.98. The van der Waals surface area contributed by atoms with Gasteiger partial charge in [-0.1, -0.05) is 36.4 Å². The van der Waals surface area contributed by atoms with E-state index in [2.05, 4.69) is 41.7 Å². The van der Waals surface area contributed by atoms with Crippen LogP contribution in [0, 0.1) is 0 Å². The lowest BCUT2D eigenvalue weighted by Crippen LogP contribution is -2.26. The number of aryl methyl sites for hydroxylation is 1. The van der Waals surface area contributed by atoms with Crippen LogP contribution in [0.15, 0.2) is 48.5 Å². The molecule has 0 amide bonds. The van der Waals surface area contributed by atoms with E-state index in [1.165, 1.54) is 16.7 Å². The molecule has 0 saturated heterocycles. The van der Waals surface area contributed by atoms with Gasteiger partial charge in [0.2, 0.25) is 0 Å². The van der Waals surface area contributed by atoms with E-state index in [1.807, 2.05) is 12.1 Å². The van der Waals surface area contributed by atoms with Gasteiger partial charge in [0.15, 0.2) is 0 Å². The second-order valence-electron chi connectivity index (χ2n) is 5.79. The zero-order chi connectivity index (χ0) is 15.4. The van der Waals surface area contributed by atoms with Crippen molar-refractivity contribution >= 4 is 0 Å². The maximum Gasteiger partial charge on any atom is 0.118 e. The van der Waals surface area contributed by atoms with E-state index in [4.69, 9.17) is 4.74 Å². The number of rotatable bonds is 6. The molecule has 22 heavy (non-hydrogen) atoms. The van der Waals surface area contributed by atoms with Gasteiger partial charge in [-0.2, -0.15) is 0 Å². The molecule has 0 aromatic heterocycles. The molecule has 2 N–H and O–H groups in total. The number of aliphatic hydroxyl groups is 1. The van der Waals surface area contributed by atoms with Crippen LogP contribution in [0.5, 0.6) is 5.75 Å². The maximum atomic E-state index is 9.40. The molecular formula is C19H23NO2. The van der Waals surface area contributed by atoms with Gasteiger partial charge in [-0.3, -0.25) is 0 Å². The summed E-state index contributed by atoms with van der Waals surface area (Å²) in [5.41, 5.74) is 4.04. The first-order valence-corrected chi connectivity index (χ1v) is 7.90. The minimum Gasteiger partial charge on any atom is -0.497 e. The van der Waals surface area contributed by atoms with Gasteiger partial charge in [0.1, 0.15) is 5.75 Å². The van der Waals surface area contributed by atoms with Crippen LogP contribution in [0.1, 0.15) is 41.6 Å². The summed E-state index contributed by atoms with van der Waals surface area (Å²) in [6.07, 6.45) is 2.96. The average molecular weight is 297 g/mol. The van der Waals surface area contributed by atoms with Crippen molar-refractivity contribution < 1.29 is 9.84 Å². The molecule has 2 aromatic carbocycles. The predicted octanol–water partition coefficient (Wildman–Crippen LogP) is 3.40. The zero-order valence-electron chi connectivity index (χ0n) is 13.0. The Hall–Kier alpha value is -1.84. The first kappa shape index (κ1) is 15.1. The number of ether oxygens (including phenoxy) is 1. The number of fused-ring (bicyclic) bond motifs is 1. The molecule has 3 heteroatoms. The Balaban J connectivity index is 1.77. The fourth-order valence-corrected chi connectivity index (χ4v) is 3.28. The molecule has 2 aromatic rings. The van der Waals surface area contributed by atoms with Crippen molar-refractivity contribution in [3.8, 4) is 5.75 Å². The van der Waals surface area contributed by atoms with Crippen LogP contribution in [0.4, 0.5) is 0 Å². The molecular weight excluding hydrogens is 274 g/mol. The molecule has 2 unspecified atom stereocenters. The van der Waals surface area contributed by atoms with Crippen LogP contribution in [-0.2, 0) is 6.42 Å². The second-order valence-corrected chi connectivity index (χ2v) is 5.79. The van der Waals surface area contributed by atoms with E-state index in [0.717, 1.165) is 18.6 Å². The van der Waals surface area contributed by atoms with Crippen LogP contribution in [0.3, 0.4) is 0 Å². The van der Waals surface area contributed by atoms with Crippen molar-refractivity contribution in [2.45, 2.75) is 31.3 Å². The van der Waals surface area contributed by atoms with Crippen molar-refractivity contribution in [1.82, 2.24) is 5.32 Å². The van der Waals surface area contributed by atoms with Crippen molar-refractivity contribution in [3.63, 3.8) is 0 Å². The van der Waals surface area contributed by atoms with E-state index in [-0.39, 0.29) is 12.6 Å². The standard InChI is InChI=1S/C19H23NO2/c1-22-16-9-6-15(7-10-16)18(12-13-21)20-19-11-8-14-4-2-3-5-17(14)19/h2-7,9-10,18-21H,8,11-13H2,1H3. The molecule has 3 rings (SSSR count). The van der Waals surface area contributed by atoms with Gasteiger partial charge in [0, 0.05) is 18.7 Å². The highest BCUT2D eigenvalue weighted by molar-refractivity contribution is 5.35. The fourth-order valence-electron chi connectivity index (χ4n) is 3.28. The highest BCUT2D eigenvalue weighted by atomic mass is 16.5. The number of aliphatic hydroxyl groups excluding tert-OH is 1. The minimum absolute atomic E-state index is 0.159. The van der Waals surface area contributed by atoms with Gasteiger partial charge in [-0.15, -0.1) is 0 Å². The van der Waals surface area contributed by atoms with Crippen LogP contribution in [-0.4, -0.2) is 18.8 Å². The SMILES string of the molecule is COc1ccc(C(CCO)NC2CCc3ccccc32)cc1. The smallest absolute Gasteiger partial charge is 0.118 e. The number of hydrogen-bond donors (Lipinski definition) is 2. The van der Waals surface area contributed by atoms with Gasteiger partial charge >= 0.3 is 0 Å². The summed E-state index contributed by atoms with van der Waals surface area (Å²) in [5, 5.41) is 13.1. The third-order valence-electron chi connectivity index (χ3n) is 4.47. The van der Waals surface area contributed by atoms with Crippen LogP contribution >= 0.6 is 0 Å². The molecule has 0 radical (unpaired) electrons. The first-order valence-electron chi connectivity index (χ1n) is 7.90. The highest BCUT2D eigenvalue weighted by Crippen LogP contribution is 2.33. The summed E-state index contributed by atoms with van der Waals surface area (Å²) in [4.78, 5) is 0. The zero-order valence-corrected chi connectivity index (χ0v) is 13.0. The molecule has 0 bridgehead atoms. The van der Waals surface area contributed by atoms with Crippen molar-refractivity contribution in [2.24, 2.45) is 0 Å². The summed E-state index contributed by atoms with van der Waals surface area (Å²) in [7, 11) is 1.67. The Bertz CT molecular complexity index is 609. The third kappa shape index (κ3) is 3.16. The van der Waals surface area contributed by atoms with Crippen LogP contribution in [0.2, 0.25) is 0 Å². The Labute approximate surface area is 131 Å². The molecule has 0 spiro atoms. The monoisotopic (exact) mass is 297 g/mol. The van der Waals surface area contributed by atoms with E-state index in [9.17, 15) is 5.11 Å². The van der Waals surface area contributed by atoms with E-state index in [0.29, 0.717) is 12.5 Å². The Morgan fingerprint density at radius 2 is 1.95 bits per heavy atom. The quantitative estimate of drug-likeness (QED) is 0.858. The topological polar surface area (TPSA) is 41.5 Å². The maximum absolute atomic E-state index is 9.40. The molecule has 1 aliphatic carbocycles. The Kier molecular flexibility index (Phi) is 4.76. The molecule has 2 atom stereocenters. The summed E-state index contributed by atoms with van der Waals surface area (Å²) in [6, 6.07) is 17.3. The molecule has 116 valence electrons. The first-order chi connectivity index (χ1) is 10.8. The Morgan fingerprint density at radius 1 is 1.18 bits per heavy atom. The van der Waals surface area contributed by atoms with Crippen molar-refractivity contribution in [3.05, 3.63) is 65.2 Å². The second kappa shape index (κ2) is 6.95. The van der Waals surface area contributed by atoms with Gasteiger partial charge in [-0.25, -0.2) is 0 Å². The number of methoxy groups -OCH3 is 1. The fraction of sp³-hybridized carbons (Fsp3) is 0.368. The van der Waals surface area contributed by atoms with Gasteiger partial charge < -0.3 is 15.2 Å². The van der Waals surface area contributed by atoms with E-state index < -0.39 is 0 Å². The van der Waals surface area contributed by atoms with Gasteiger partial charge in [0.05, 0.1) is 7.11 Å². The lowest BCUT2D eigenvalue weighted by Gasteiger charge is -2.24. The molecule has 1 aliphatic rings. The summed E-state index contributed by atoms with van der Waals surface area (Å²) < 4.78 is 5.22. The summed E-state index contributed by atoms with van der Waals surface area (Å²) in [5.74, 6) is 0.859. The number of hydrogen-bond acceptors (Lipinski definition) is 3. The highest BCUT2D eigenvalue weighted by Gasteiger charge is 2.24. The van der Waals surface area contributed by atoms with E-state index in [1.54, 1.807) is 7.11 Å². The van der Waals surface area contributed by atoms with E-state index >= 15 is 0 Å². The largest absolute Gasteiger partial charge is 0.497 e. The third-order valence-corrected chi connectivity index (χ3v) is 4.47. The predicted molar refractivity (Wildman–Crippen MR) is 88.1 cm³/mol. The summed E-state index contributed by atoms with van der Waals surface area (Å²) >= 11 is 0. The normalized spacial score (nSPS) is 18.0. The number of benzene rings is 2. The van der Waals surface area contributed by atoms with Crippen LogP contribution < -0.4 is 10.1 Å². The molecule has 3 nitrogen and oxygen atoms in total. The summed E-state index contributed by atoms with van der Waals surface area (Å²) in [6.45, 7) is 0.179.